The van der Waals surface area contributed by atoms with Crippen LogP contribution in [0.2, 0.25) is 0 Å². The lowest BCUT2D eigenvalue weighted by atomic mass is 10.2. The highest BCUT2D eigenvalue weighted by Crippen LogP contribution is 2.35. The second-order valence-electron chi connectivity index (χ2n) is 4.52. The molecule has 6 nitrogen and oxygen atoms in total. The number of aromatic nitrogens is 3. The van der Waals surface area contributed by atoms with Crippen molar-refractivity contribution in [3.05, 3.63) is 41.4 Å². The minimum absolute atomic E-state index is 0.252. The van der Waals surface area contributed by atoms with Crippen LogP contribution >= 0.6 is 11.3 Å². The molecule has 1 aromatic carbocycles. The average molecular weight is 300 g/mol. The monoisotopic (exact) mass is 300 g/mol. The Morgan fingerprint density at radius 1 is 1.24 bits per heavy atom. The maximum atomic E-state index is 5.78. The van der Waals surface area contributed by atoms with Gasteiger partial charge in [-0.1, -0.05) is 11.3 Å². The molecule has 0 saturated carbocycles. The predicted molar refractivity (Wildman–Crippen MR) is 78.7 cm³/mol. The third kappa shape index (κ3) is 1.98. The molecule has 0 aliphatic carbocycles. The van der Waals surface area contributed by atoms with Gasteiger partial charge in [-0.2, -0.15) is 0 Å². The summed E-state index contributed by atoms with van der Waals surface area (Å²) in [7, 11) is 0. The van der Waals surface area contributed by atoms with Gasteiger partial charge >= 0.3 is 0 Å². The average Bonchev–Trinajstić information content (AvgIpc) is 3.24. The van der Waals surface area contributed by atoms with Crippen LogP contribution < -0.4 is 15.2 Å². The summed E-state index contributed by atoms with van der Waals surface area (Å²) in [6, 6.07) is 9.73. The molecule has 0 atom stereocenters. The number of hydrogen-bond donors (Lipinski definition) is 1. The van der Waals surface area contributed by atoms with Crippen molar-refractivity contribution < 1.29 is 9.47 Å². The Labute approximate surface area is 124 Å². The van der Waals surface area contributed by atoms with Crippen molar-refractivity contribution in [1.82, 2.24) is 15.0 Å². The highest BCUT2D eigenvalue weighted by molar-refractivity contribution is 7.13. The minimum Gasteiger partial charge on any atom is -0.454 e. The molecule has 0 saturated heterocycles. The SMILES string of the molecule is NCc1nnn(-c2ccc3c(c2)OCO3)c1-c1cccs1. The summed E-state index contributed by atoms with van der Waals surface area (Å²) in [5.41, 5.74) is 8.35. The van der Waals surface area contributed by atoms with Crippen molar-refractivity contribution in [1.29, 1.82) is 0 Å². The first-order valence-electron chi connectivity index (χ1n) is 6.45. The smallest absolute Gasteiger partial charge is 0.231 e. The summed E-state index contributed by atoms with van der Waals surface area (Å²) >= 11 is 1.63. The Kier molecular flexibility index (Phi) is 2.87. The molecular formula is C14H12N4O2S. The van der Waals surface area contributed by atoms with Gasteiger partial charge in [0.05, 0.1) is 10.6 Å². The lowest BCUT2D eigenvalue weighted by Crippen LogP contribution is -2.01. The highest BCUT2D eigenvalue weighted by atomic mass is 32.1. The van der Waals surface area contributed by atoms with Gasteiger partial charge in [0, 0.05) is 12.6 Å². The van der Waals surface area contributed by atoms with E-state index in [1.54, 1.807) is 16.0 Å². The molecule has 0 unspecified atom stereocenters. The van der Waals surface area contributed by atoms with Crippen molar-refractivity contribution >= 4 is 11.3 Å². The Morgan fingerprint density at radius 2 is 2.14 bits per heavy atom. The van der Waals surface area contributed by atoms with Gasteiger partial charge in [0.2, 0.25) is 6.79 Å². The minimum atomic E-state index is 0.252. The molecular weight excluding hydrogens is 288 g/mol. The van der Waals surface area contributed by atoms with Crippen LogP contribution in [-0.2, 0) is 6.54 Å². The lowest BCUT2D eigenvalue weighted by molar-refractivity contribution is 0.174. The van der Waals surface area contributed by atoms with E-state index >= 15 is 0 Å². The van der Waals surface area contributed by atoms with E-state index in [1.165, 1.54) is 0 Å². The summed E-state index contributed by atoms with van der Waals surface area (Å²) < 4.78 is 12.5. The predicted octanol–water partition coefficient (Wildman–Crippen LogP) is 2.18. The molecule has 0 fully saturated rings. The molecule has 21 heavy (non-hydrogen) atoms. The van der Waals surface area contributed by atoms with Gasteiger partial charge in [0.25, 0.3) is 0 Å². The van der Waals surface area contributed by atoms with Gasteiger partial charge in [0.15, 0.2) is 11.5 Å². The molecule has 1 aliphatic rings. The van der Waals surface area contributed by atoms with E-state index in [-0.39, 0.29) is 6.79 Å². The fraction of sp³-hybridized carbons (Fsp3) is 0.143. The summed E-state index contributed by atoms with van der Waals surface area (Å²) in [6.45, 7) is 0.597. The summed E-state index contributed by atoms with van der Waals surface area (Å²) in [6.07, 6.45) is 0. The van der Waals surface area contributed by atoms with Crippen molar-refractivity contribution in [2.24, 2.45) is 5.73 Å². The third-order valence-corrected chi connectivity index (χ3v) is 4.17. The molecule has 0 bridgehead atoms. The number of ether oxygens (including phenoxy) is 2. The number of rotatable bonds is 3. The molecule has 4 rings (SSSR count). The van der Waals surface area contributed by atoms with Crippen LogP contribution in [0.25, 0.3) is 16.3 Å². The van der Waals surface area contributed by atoms with Gasteiger partial charge in [-0.25, -0.2) is 4.68 Å². The zero-order chi connectivity index (χ0) is 14.2. The fourth-order valence-electron chi connectivity index (χ4n) is 2.31. The van der Waals surface area contributed by atoms with Crippen LogP contribution in [0.1, 0.15) is 5.69 Å². The maximum absolute atomic E-state index is 5.78. The third-order valence-electron chi connectivity index (χ3n) is 3.29. The number of fused-ring (bicyclic) bond motifs is 1. The molecule has 2 aromatic heterocycles. The first kappa shape index (κ1) is 12.4. The topological polar surface area (TPSA) is 75.2 Å². The van der Waals surface area contributed by atoms with Crippen molar-refractivity contribution in [2.45, 2.75) is 6.54 Å². The van der Waals surface area contributed by atoms with Gasteiger partial charge < -0.3 is 15.2 Å². The molecule has 3 heterocycles. The summed E-state index contributed by atoms with van der Waals surface area (Å²) in [4.78, 5) is 1.08. The van der Waals surface area contributed by atoms with E-state index < -0.39 is 0 Å². The van der Waals surface area contributed by atoms with E-state index in [0.717, 1.165) is 33.5 Å². The van der Waals surface area contributed by atoms with Crippen LogP contribution in [0.4, 0.5) is 0 Å². The van der Waals surface area contributed by atoms with Crippen LogP contribution in [-0.4, -0.2) is 21.8 Å². The first-order valence-corrected chi connectivity index (χ1v) is 7.33. The Balaban J connectivity index is 1.87. The second kappa shape index (κ2) is 4.87. The quantitative estimate of drug-likeness (QED) is 0.802. The van der Waals surface area contributed by atoms with Crippen molar-refractivity contribution in [2.75, 3.05) is 6.79 Å². The number of nitrogens with zero attached hydrogens (tertiary/aromatic N) is 3. The maximum Gasteiger partial charge on any atom is 0.231 e. The van der Waals surface area contributed by atoms with E-state index in [4.69, 9.17) is 15.2 Å². The van der Waals surface area contributed by atoms with Crippen LogP contribution in [0.15, 0.2) is 35.7 Å². The van der Waals surface area contributed by atoms with Crippen molar-refractivity contribution in [3.63, 3.8) is 0 Å². The van der Waals surface area contributed by atoms with Gasteiger partial charge in [0.1, 0.15) is 11.4 Å². The summed E-state index contributed by atoms with van der Waals surface area (Å²) in [5, 5.41) is 10.4. The van der Waals surface area contributed by atoms with Crippen LogP contribution in [0, 0.1) is 0 Å². The molecule has 106 valence electrons. The van der Waals surface area contributed by atoms with Gasteiger partial charge in [-0.15, -0.1) is 16.4 Å². The molecule has 1 aliphatic heterocycles. The number of benzene rings is 1. The van der Waals surface area contributed by atoms with Crippen LogP contribution in [0.3, 0.4) is 0 Å². The summed E-state index contributed by atoms with van der Waals surface area (Å²) in [5.74, 6) is 1.46. The normalized spacial score (nSPS) is 12.8. The number of nitrogens with two attached hydrogens (primary N) is 1. The van der Waals surface area contributed by atoms with Crippen molar-refractivity contribution in [3.8, 4) is 27.8 Å². The molecule has 0 radical (unpaired) electrons. The molecule has 7 heteroatoms. The number of hydrogen-bond acceptors (Lipinski definition) is 6. The van der Waals surface area contributed by atoms with Crippen LogP contribution in [0.5, 0.6) is 11.5 Å². The fourth-order valence-corrected chi connectivity index (χ4v) is 3.08. The second-order valence-corrected chi connectivity index (χ2v) is 5.46. The molecule has 2 N–H and O–H groups in total. The standard InChI is InChI=1S/C14H12N4O2S/c15-7-10-14(13-2-1-5-21-13)18(17-16-10)9-3-4-11-12(6-9)20-8-19-11/h1-6H,7-8,15H2. The molecule has 0 amide bonds. The van der Waals surface area contributed by atoms with Gasteiger partial charge in [-0.3, -0.25) is 0 Å². The zero-order valence-corrected chi connectivity index (χ0v) is 11.8. The van der Waals surface area contributed by atoms with E-state index in [9.17, 15) is 0 Å². The largest absolute Gasteiger partial charge is 0.454 e. The zero-order valence-electron chi connectivity index (χ0n) is 11.0. The number of thiophene rings is 1. The molecule has 0 spiro atoms. The molecule has 3 aromatic rings. The Morgan fingerprint density at radius 3 is 2.95 bits per heavy atom. The lowest BCUT2D eigenvalue weighted by Gasteiger charge is -2.07. The first-order chi connectivity index (χ1) is 10.4. The Hall–Kier alpha value is -2.38. The van der Waals surface area contributed by atoms with Gasteiger partial charge in [-0.05, 0) is 23.6 Å². The Bertz CT molecular complexity index is 782. The van der Waals surface area contributed by atoms with E-state index in [0.29, 0.717) is 6.54 Å². The van der Waals surface area contributed by atoms with E-state index in [1.807, 2.05) is 35.7 Å². The highest BCUT2D eigenvalue weighted by Gasteiger charge is 2.19. The van der Waals surface area contributed by atoms with E-state index in [2.05, 4.69) is 10.3 Å².